The fourth-order valence-electron chi connectivity index (χ4n) is 3.63. The van der Waals surface area contributed by atoms with Gasteiger partial charge in [-0.15, -0.1) is 0 Å². The number of hydrogen-bond donors (Lipinski definition) is 0. The molecule has 0 N–H and O–H groups in total. The number of benzene rings is 2. The van der Waals surface area contributed by atoms with E-state index in [4.69, 9.17) is 14.3 Å². The van der Waals surface area contributed by atoms with Crippen molar-refractivity contribution in [3.05, 3.63) is 59.7 Å². The summed E-state index contributed by atoms with van der Waals surface area (Å²) in [4.78, 5) is 20.5. The lowest BCUT2D eigenvalue weighted by atomic mass is 10.0. The zero-order valence-electron chi connectivity index (χ0n) is 16.8. The second-order valence-electron chi connectivity index (χ2n) is 7.51. The summed E-state index contributed by atoms with van der Waals surface area (Å²) >= 11 is 0. The third kappa shape index (κ3) is 4.53. The Kier molecular flexibility index (Phi) is 5.69. The Balaban J connectivity index is 1.45. The molecule has 0 radical (unpaired) electrons. The van der Waals surface area contributed by atoms with Crippen LogP contribution in [0.3, 0.4) is 0 Å². The Hall–Kier alpha value is -3.02. The predicted molar refractivity (Wildman–Crippen MR) is 110 cm³/mol. The van der Waals surface area contributed by atoms with E-state index in [0.29, 0.717) is 19.5 Å². The Bertz CT molecular complexity index is 907. The first-order chi connectivity index (χ1) is 14.2. The van der Waals surface area contributed by atoms with Crippen LogP contribution >= 0.6 is 0 Å². The number of nitrogens with zero attached hydrogens (tertiary/aromatic N) is 2. The standard InChI is InChI=1S/C23H26N2O4/c1-27-18-7-5-6-16(12-18)14-25(23(26)17-10-11-17)15-19-13-21(24-29-19)20-8-3-4-9-22(20)28-2/h3-9,12,17,19H,10-11,13-15H2,1-2H3/t19-/m0/s1. The fraction of sp³-hybridized carbons (Fsp3) is 0.391. The summed E-state index contributed by atoms with van der Waals surface area (Å²) < 4.78 is 10.8. The van der Waals surface area contributed by atoms with E-state index >= 15 is 0 Å². The smallest absolute Gasteiger partial charge is 0.226 e. The Labute approximate surface area is 171 Å². The molecule has 1 atom stereocenters. The van der Waals surface area contributed by atoms with Crippen LogP contribution in [0.15, 0.2) is 53.7 Å². The number of amides is 1. The summed E-state index contributed by atoms with van der Waals surface area (Å²) in [7, 11) is 3.30. The first kappa shape index (κ1) is 19.3. The molecule has 1 heterocycles. The maximum absolute atomic E-state index is 12.9. The first-order valence-electron chi connectivity index (χ1n) is 9.95. The quantitative estimate of drug-likeness (QED) is 0.686. The summed E-state index contributed by atoms with van der Waals surface area (Å²) in [6, 6.07) is 15.6. The highest BCUT2D eigenvalue weighted by atomic mass is 16.6. The molecule has 6 heteroatoms. The molecular weight excluding hydrogens is 368 g/mol. The van der Waals surface area contributed by atoms with E-state index in [2.05, 4.69) is 5.16 Å². The van der Waals surface area contributed by atoms with Gasteiger partial charge in [0.05, 0.1) is 26.5 Å². The van der Waals surface area contributed by atoms with Gasteiger partial charge in [-0.05, 0) is 42.7 Å². The molecule has 1 aliphatic carbocycles. The highest BCUT2D eigenvalue weighted by Gasteiger charge is 2.36. The van der Waals surface area contributed by atoms with Crippen molar-refractivity contribution in [2.45, 2.75) is 31.9 Å². The van der Waals surface area contributed by atoms with Crippen molar-refractivity contribution < 1.29 is 19.1 Å². The summed E-state index contributed by atoms with van der Waals surface area (Å²) in [6.07, 6.45) is 2.43. The summed E-state index contributed by atoms with van der Waals surface area (Å²) in [5, 5.41) is 4.28. The van der Waals surface area contributed by atoms with Gasteiger partial charge >= 0.3 is 0 Å². The van der Waals surface area contributed by atoms with Crippen LogP contribution in [0, 0.1) is 5.92 Å². The van der Waals surface area contributed by atoms with Gasteiger partial charge in [-0.25, -0.2) is 0 Å². The van der Waals surface area contributed by atoms with Gasteiger partial charge in [0, 0.05) is 24.4 Å². The van der Waals surface area contributed by atoms with E-state index in [0.717, 1.165) is 41.2 Å². The third-order valence-electron chi connectivity index (χ3n) is 5.32. The SMILES string of the molecule is COc1cccc(CN(C[C@@H]2CC(c3ccccc3OC)=NO2)C(=O)C2CC2)c1. The topological polar surface area (TPSA) is 60.4 Å². The molecular formula is C23H26N2O4. The van der Waals surface area contributed by atoms with Crippen molar-refractivity contribution in [2.75, 3.05) is 20.8 Å². The molecule has 4 rings (SSSR count). The minimum Gasteiger partial charge on any atom is -0.497 e. The van der Waals surface area contributed by atoms with Crippen LogP contribution in [-0.2, 0) is 16.2 Å². The van der Waals surface area contributed by atoms with Gasteiger partial charge in [0.1, 0.15) is 11.5 Å². The molecule has 2 aromatic carbocycles. The lowest BCUT2D eigenvalue weighted by Crippen LogP contribution is -2.38. The van der Waals surface area contributed by atoms with Crippen molar-refractivity contribution >= 4 is 11.6 Å². The number of hydrogen-bond acceptors (Lipinski definition) is 5. The number of oxime groups is 1. The first-order valence-corrected chi connectivity index (χ1v) is 9.95. The molecule has 2 aliphatic rings. The third-order valence-corrected chi connectivity index (χ3v) is 5.32. The minimum absolute atomic E-state index is 0.150. The monoisotopic (exact) mass is 394 g/mol. The van der Waals surface area contributed by atoms with Crippen LogP contribution in [0.1, 0.15) is 30.4 Å². The van der Waals surface area contributed by atoms with E-state index in [1.54, 1.807) is 14.2 Å². The van der Waals surface area contributed by atoms with Gasteiger partial charge in [0.2, 0.25) is 5.91 Å². The molecule has 0 aromatic heterocycles. The second kappa shape index (κ2) is 8.55. The lowest BCUT2D eigenvalue weighted by molar-refractivity contribution is -0.135. The van der Waals surface area contributed by atoms with E-state index in [9.17, 15) is 4.79 Å². The van der Waals surface area contributed by atoms with Crippen LogP contribution in [-0.4, -0.2) is 43.4 Å². The van der Waals surface area contributed by atoms with Crippen LogP contribution in [0.2, 0.25) is 0 Å². The maximum atomic E-state index is 12.9. The lowest BCUT2D eigenvalue weighted by Gasteiger charge is -2.25. The molecule has 1 fully saturated rings. The summed E-state index contributed by atoms with van der Waals surface area (Å²) in [5.74, 6) is 1.91. The number of methoxy groups -OCH3 is 2. The average Bonchev–Trinajstić information content (AvgIpc) is 3.51. The molecule has 29 heavy (non-hydrogen) atoms. The Morgan fingerprint density at radius 3 is 2.72 bits per heavy atom. The molecule has 1 amide bonds. The predicted octanol–water partition coefficient (Wildman–Crippen LogP) is 3.64. The Morgan fingerprint density at radius 1 is 1.14 bits per heavy atom. The fourth-order valence-corrected chi connectivity index (χ4v) is 3.63. The number of para-hydroxylation sites is 1. The summed E-state index contributed by atoms with van der Waals surface area (Å²) in [5.41, 5.74) is 2.83. The van der Waals surface area contributed by atoms with E-state index in [1.807, 2.05) is 53.4 Å². The molecule has 0 unspecified atom stereocenters. The van der Waals surface area contributed by atoms with Crippen molar-refractivity contribution in [1.29, 1.82) is 0 Å². The van der Waals surface area contributed by atoms with E-state index in [1.165, 1.54) is 0 Å². The highest BCUT2D eigenvalue weighted by Crippen LogP contribution is 2.32. The van der Waals surface area contributed by atoms with Gasteiger partial charge in [-0.1, -0.05) is 29.4 Å². The highest BCUT2D eigenvalue weighted by molar-refractivity contribution is 6.03. The average molecular weight is 394 g/mol. The zero-order chi connectivity index (χ0) is 20.2. The van der Waals surface area contributed by atoms with Gasteiger partial charge in [-0.3, -0.25) is 4.79 Å². The number of carbonyl (C=O) groups is 1. The number of carbonyl (C=O) groups excluding carboxylic acids is 1. The zero-order valence-corrected chi connectivity index (χ0v) is 16.8. The molecule has 0 bridgehead atoms. The number of ether oxygens (including phenoxy) is 2. The van der Waals surface area contributed by atoms with Crippen LogP contribution in [0.5, 0.6) is 11.5 Å². The van der Waals surface area contributed by atoms with Crippen LogP contribution < -0.4 is 9.47 Å². The summed E-state index contributed by atoms with van der Waals surface area (Å²) in [6.45, 7) is 1.05. The van der Waals surface area contributed by atoms with Crippen molar-refractivity contribution in [1.82, 2.24) is 4.90 Å². The minimum atomic E-state index is -0.164. The van der Waals surface area contributed by atoms with E-state index < -0.39 is 0 Å². The second-order valence-corrected chi connectivity index (χ2v) is 7.51. The molecule has 1 aliphatic heterocycles. The molecule has 152 valence electrons. The van der Waals surface area contributed by atoms with Crippen molar-refractivity contribution in [3.8, 4) is 11.5 Å². The van der Waals surface area contributed by atoms with Crippen LogP contribution in [0.25, 0.3) is 0 Å². The molecule has 0 spiro atoms. The van der Waals surface area contributed by atoms with Crippen molar-refractivity contribution in [2.24, 2.45) is 11.1 Å². The molecule has 2 aromatic rings. The maximum Gasteiger partial charge on any atom is 0.226 e. The Morgan fingerprint density at radius 2 is 1.97 bits per heavy atom. The van der Waals surface area contributed by atoms with Gasteiger partial charge < -0.3 is 19.2 Å². The van der Waals surface area contributed by atoms with Gasteiger partial charge in [0.25, 0.3) is 0 Å². The molecule has 6 nitrogen and oxygen atoms in total. The van der Waals surface area contributed by atoms with Gasteiger partial charge in [0.15, 0.2) is 6.10 Å². The van der Waals surface area contributed by atoms with Crippen LogP contribution in [0.4, 0.5) is 0 Å². The van der Waals surface area contributed by atoms with Gasteiger partial charge in [-0.2, -0.15) is 0 Å². The van der Waals surface area contributed by atoms with Crippen molar-refractivity contribution in [3.63, 3.8) is 0 Å². The van der Waals surface area contributed by atoms with E-state index in [-0.39, 0.29) is 17.9 Å². The molecule has 1 saturated carbocycles. The molecule has 0 saturated heterocycles. The number of rotatable bonds is 8. The normalized spacial score (nSPS) is 18.0. The largest absolute Gasteiger partial charge is 0.497 e.